The quantitative estimate of drug-likeness (QED) is 0.469. The fraction of sp³-hybridized carbons (Fsp3) is 0.0588. The number of fused-ring (bicyclic) bond motifs is 1. The number of hydrogen-bond acceptors (Lipinski definition) is 2. The summed E-state index contributed by atoms with van der Waals surface area (Å²) < 4.78 is 0. The number of rotatable bonds is 2. The number of pyridine rings is 1. The van der Waals surface area contributed by atoms with Crippen LogP contribution in [0.15, 0.2) is 36.4 Å². The van der Waals surface area contributed by atoms with Crippen LogP contribution >= 0.6 is 46.4 Å². The molecule has 3 rings (SSSR count). The van der Waals surface area contributed by atoms with E-state index in [9.17, 15) is 4.79 Å². The van der Waals surface area contributed by atoms with Crippen LogP contribution in [-0.2, 0) is 0 Å². The zero-order chi connectivity index (χ0) is 16.7. The van der Waals surface area contributed by atoms with Gasteiger partial charge in [0.15, 0.2) is 0 Å². The Morgan fingerprint density at radius 3 is 2.30 bits per heavy atom. The highest BCUT2D eigenvalue weighted by Crippen LogP contribution is 2.33. The fourth-order valence-electron chi connectivity index (χ4n) is 2.37. The van der Waals surface area contributed by atoms with E-state index in [1.54, 1.807) is 36.4 Å². The van der Waals surface area contributed by atoms with Crippen LogP contribution in [0.5, 0.6) is 0 Å². The van der Waals surface area contributed by atoms with E-state index in [1.165, 1.54) is 0 Å². The number of carbonyl (C=O) groups is 1. The van der Waals surface area contributed by atoms with Gasteiger partial charge in [-0.25, -0.2) is 4.98 Å². The van der Waals surface area contributed by atoms with Gasteiger partial charge < -0.3 is 0 Å². The van der Waals surface area contributed by atoms with Gasteiger partial charge in [0, 0.05) is 21.5 Å². The number of aryl methyl sites for hydroxylation is 1. The lowest BCUT2D eigenvalue weighted by Crippen LogP contribution is -1.97. The van der Waals surface area contributed by atoms with Crippen molar-refractivity contribution in [2.45, 2.75) is 6.92 Å². The van der Waals surface area contributed by atoms with Gasteiger partial charge in [0.2, 0.25) is 0 Å². The van der Waals surface area contributed by atoms with Gasteiger partial charge in [-0.1, -0.05) is 46.9 Å². The summed E-state index contributed by atoms with van der Waals surface area (Å²) in [6, 6.07) is 10.3. The number of aromatic nitrogens is 1. The second-order valence-corrected chi connectivity index (χ2v) is 6.59. The molecule has 0 unspecified atom stereocenters. The third kappa shape index (κ3) is 3.05. The minimum atomic E-state index is -0.555. The average Bonchev–Trinajstić information content (AvgIpc) is 2.52. The molecule has 0 atom stereocenters. The highest BCUT2D eigenvalue weighted by atomic mass is 35.5. The van der Waals surface area contributed by atoms with Crippen LogP contribution in [-0.4, -0.2) is 10.2 Å². The summed E-state index contributed by atoms with van der Waals surface area (Å²) in [5.74, 6) is 0. The Labute approximate surface area is 152 Å². The van der Waals surface area contributed by atoms with Crippen LogP contribution in [0, 0.1) is 6.92 Å². The first-order valence-corrected chi connectivity index (χ1v) is 8.15. The van der Waals surface area contributed by atoms with Gasteiger partial charge in [-0.3, -0.25) is 4.79 Å². The molecule has 1 aromatic heterocycles. The maximum absolute atomic E-state index is 11.8. The first kappa shape index (κ1) is 16.5. The van der Waals surface area contributed by atoms with Gasteiger partial charge in [0.1, 0.15) is 0 Å². The summed E-state index contributed by atoms with van der Waals surface area (Å²) in [7, 11) is 0. The Balaban J connectivity index is 2.35. The molecule has 0 spiro atoms. The molecule has 0 N–H and O–H groups in total. The van der Waals surface area contributed by atoms with Gasteiger partial charge in [-0.05, 0) is 48.4 Å². The zero-order valence-electron chi connectivity index (χ0n) is 11.8. The predicted octanol–water partition coefficient (Wildman–Crippen LogP) is 6.55. The van der Waals surface area contributed by atoms with E-state index >= 15 is 0 Å². The molecule has 2 aromatic carbocycles. The zero-order valence-corrected chi connectivity index (χ0v) is 14.9. The lowest BCUT2D eigenvalue weighted by molar-refractivity contribution is 0.108. The van der Waals surface area contributed by atoms with Crippen molar-refractivity contribution in [3.63, 3.8) is 0 Å². The monoisotopic (exact) mass is 383 g/mol. The molecule has 1 heterocycles. The minimum Gasteiger partial charge on any atom is -0.276 e. The predicted molar refractivity (Wildman–Crippen MR) is 97.1 cm³/mol. The van der Waals surface area contributed by atoms with Gasteiger partial charge in [0.05, 0.1) is 21.3 Å². The maximum Gasteiger partial charge on any atom is 0.253 e. The Hall–Kier alpha value is -1.32. The van der Waals surface area contributed by atoms with Crippen LogP contribution in [0.2, 0.25) is 15.1 Å². The first-order valence-electron chi connectivity index (χ1n) is 6.63. The topological polar surface area (TPSA) is 30.0 Å². The summed E-state index contributed by atoms with van der Waals surface area (Å²) in [6.07, 6.45) is 0. The van der Waals surface area contributed by atoms with Gasteiger partial charge >= 0.3 is 0 Å². The van der Waals surface area contributed by atoms with Gasteiger partial charge in [-0.15, -0.1) is 0 Å². The van der Waals surface area contributed by atoms with E-state index in [-0.39, 0.29) is 0 Å². The molecule has 116 valence electrons. The lowest BCUT2D eigenvalue weighted by Gasteiger charge is -2.10. The molecule has 0 radical (unpaired) electrons. The molecule has 0 saturated heterocycles. The molecule has 2 nitrogen and oxygen atoms in total. The van der Waals surface area contributed by atoms with Crippen molar-refractivity contribution in [2.75, 3.05) is 0 Å². The number of nitrogens with zero attached hydrogens (tertiary/aromatic N) is 1. The number of benzene rings is 2. The first-order chi connectivity index (χ1) is 10.9. The summed E-state index contributed by atoms with van der Waals surface area (Å²) in [6.45, 7) is 1.85. The van der Waals surface area contributed by atoms with Crippen molar-refractivity contribution < 1.29 is 4.79 Å². The molecule has 3 aromatic rings. The summed E-state index contributed by atoms with van der Waals surface area (Å²) in [5.41, 5.74) is 3.10. The fourth-order valence-corrected chi connectivity index (χ4v) is 2.98. The third-order valence-electron chi connectivity index (χ3n) is 3.60. The molecule has 0 saturated carbocycles. The van der Waals surface area contributed by atoms with E-state index < -0.39 is 5.24 Å². The van der Waals surface area contributed by atoms with Crippen LogP contribution in [0.1, 0.15) is 15.9 Å². The Kier molecular flexibility index (Phi) is 4.52. The number of carbonyl (C=O) groups excluding carboxylic acids is 1. The third-order valence-corrected chi connectivity index (χ3v) is 4.95. The van der Waals surface area contributed by atoms with Crippen LogP contribution < -0.4 is 0 Å². The van der Waals surface area contributed by atoms with E-state index in [4.69, 9.17) is 46.4 Å². The van der Waals surface area contributed by atoms with Crippen molar-refractivity contribution >= 4 is 62.5 Å². The largest absolute Gasteiger partial charge is 0.276 e. The SMILES string of the molecule is Cc1c(Cl)ccc2c(C(=O)Cl)cc(-c3ccc(Cl)c(Cl)c3)nc12. The molecular weight excluding hydrogens is 376 g/mol. The van der Waals surface area contributed by atoms with Crippen molar-refractivity contribution in [1.29, 1.82) is 0 Å². The highest BCUT2D eigenvalue weighted by molar-refractivity contribution is 6.68. The minimum absolute atomic E-state index is 0.373. The molecule has 23 heavy (non-hydrogen) atoms. The number of hydrogen-bond donors (Lipinski definition) is 0. The second-order valence-electron chi connectivity index (χ2n) is 5.03. The van der Waals surface area contributed by atoms with Crippen molar-refractivity contribution in [3.8, 4) is 11.3 Å². The molecule has 0 fully saturated rings. The standard InChI is InChI=1S/C17H9Cl4NO/c1-8-12(18)5-3-10-11(17(21)23)7-15(22-16(8)10)9-2-4-13(19)14(20)6-9/h2-7H,1H3. The Morgan fingerprint density at radius 1 is 0.957 bits per heavy atom. The molecule has 0 aliphatic rings. The molecule has 0 bridgehead atoms. The summed E-state index contributed by atoms with van der Waals surface area (Å²) in [5, 5.41) is 1.54. The molecule has 0 aliphatic carbocycles. The normalized spacial score (nSPS) is 11.0. The van der Waals surface area contributed by atoms with Gasteiger partial charge in [0.25, 0.3) is 5.24 Å². The molecule has 0 amide bonds. The maximum atomic E-state index is 11.8. The highest BCUT2D eigenvalue weighted by Gasteiger charge is 2.15. The van der Waals surface area contributed by atoms with Crippen LogP contribution in [0.25, 0.3) is 22.2 Å². The van der Waals surface area contributed by atoms with E-state index in [0.717, 1.165) is 11.1 Å². The van der Waals surface area contributed by atoms with E-state index in [2.05, 4.69) is 4.98 Å². The van der Waals surface area contributed by atoms with Crippen molar-refractivity contribution in [2.24, 2.45) is 0 Å². The Bertz CT molecular complexity index is 953. The average molecular weight is 385 g/mol. The van der Waals surface area contributed by atoms with Crippen LogP contribution in [0.4, 0.5) is 0 Å². The summed E-state index contributed by atoms with van der Waals surface area (Å²) in [4.78, 5) is 16.4. The number of halogens is 4. The van der Waals surface area contributed by atoms with Crippen molar-refractivity contribution in [3.05, 3.63) is 62.6 Å². The van der Waals surface area contributed by atoms with E-state index in [1.807, 2.05) is 6.92 Å². The van der Waals surface area contributed by atoms with Gasteiger partial charge in [-0.2, -0.15) is 0 Å². The van der Waals surface area contributed by atoms with Crippen molar-refractivity contribution in [1.82, 2.24) is 4.98 Å². The van der Waals surface area contributed by atoms with E-state index in [0.29, 0.717) is 37.2 Å². The molecule has 6 heteroatoms. The second kappa shape index (κ2) is 6.29. The Morgan fingerprint density at radius 2 is 1.65 bits per heavy atom. The summed E-state index contributed by atoms with van der Waals surface area (Å²) >= 11 is 23.9. The smallest absolute Gasteiger partial charge is 0.253 e. The van der Waals surface area contributed by atoms with Crippen LogP contribution in [0.3, 0.4) is 0 Å². The molecule has 0 aliphatic heterocycles. The lowest BCUT2D eigenvalue weighted by atomic mass is 10.0. The molecular formula is C17H9Cl4NO.